The lowest BCUT2D eigenvalue weighted by Gasteiger charge is -2.08. The number of hydrogen-bond acceptors (Lipinski definition) is 5. The van der Waals surface area contributed by atoms with Crippen LogP contribution in [0.5, 0.6) is 0 Å². The molecular formula is C14H24O6. The van der Waals surface area contributed by atoms with E-state index in [9.17, 15) is 14.7 Å². The number of hydrogen-bond donors (Lipinski definition) is 3. The summed E-state index contributed by atoms with van der Waals surface area (Å²) in [7, 11) is 0. The van der Waals surface area contributed by atoms with Gasteiger partial charge in [0.1, 0.15) is 6.61 Å². The van der Waals surface area contributed by atoms with Gasteiger partial charge in [-0.2, -0.15) is 0 Å². The summed E-state index contributed by atoms with van der Waals surface area (Å²) < 4.78 is 4.33. The van der Waals surface area contributed by atoms with Crippen molar-refractivity contribution in [2.24, 2.45) is 0 Å². The Balaban J connectivity index is 0. The topological polar surface area (TPSA) is 104 Å². The zero-order chi connectivity index (χ0) is 16.0. The number of aliphatic hydroxyl groups excluding tert-OH is 2. The highest BCUT2D eigenvalue weighted by molar-refractivity contribution is 5.85. The van der Waals surface area contributed by atoms with Crippen molar-refractivity contribution < 1.29 is 29.6 Å². The molecule has 0 aromatic carbocycles. The summed E-state index contributed by atoms with van der Waals surface area (Å²) in [6.45, 7) is 8.43. The Labute approximate surface area is 119 Å². The van der Waals surface area contributed by atoms with Gasteiger partial charge >= 0.3 is 11.9 Å². The molecule has 1 unspecified atom stereocenters. The molecule has 0 rings (SSSR count). The molecule has 0 fully saturated rings. The highest BCUT2D eigenvalue weighted by atomic mass is 16.5. The molecule has 3 N–H and O–H groups in total. The van der Waals surface area contributed by atoms with Crippen molar-refractivity contribution in [3.8, 4) is 0 Å². The Bertz CT molecular complexity index is 311. The molecule has 0 heterocycles. The maximum absolute atomic E-state index is 10.3. The maximum atomic E-state index is 10.3. The number of aliphatic carboxylic acids is 1. The minimum absolute atomic E-state index is 0.0465. The van der Waals surface area contributed by atoms with Crippen LogP contribution in [-0.2, 0) is 14.3 Å². The summed E-state index contributed by atoms with van der Waals surface area (Å²) in [5, 5.41) is 25.8. The second-order valence-corrected chi connectivity index (χ2v) is 4.00. The molecular weight excluding hydrogens is 264 g/mol. The number of carboxylic acids is 1. The Hall–Kier alpha value is -1.66. The average molecular weight is 288 g/mol. The molecule has 0 saturated carbocycles. The minimum atomic E-state index is -1.02. The van der Waals surface area contributed by atoms with Crippen LogP contribution in [0.4, 0.5) is 0 Å². The van der Waals surface area contributed by atoms with Gasteiger partial charge < -0.3 is 20.1 Å². The van der Waals surface area contributed by atoms with E-state index in [0.717, 1.165) is 18.9 Å². The molecule has 116 valence electrons. The lowest BCUT2D eigenvalue weighted by molar-refractivity contribution is -0.138. The molecule has 0 aromatic heterocycles. The predicted molar refractivity (Wildman–Crippen MR) is 75.2 cm³/mol. The molecule has 1 atom stereocenters. The molecule has 6 nitrogen and oxygen atoms in total. The maximum Gasteiger partial charge on any atom is 0.331 e. The van der Waals surface area contributed by atoms with Crippen LogP contribution in [0.2, 0.25) is 0 Å². The van der Waals surface area contributed by atoms with E-state index in [2.05, 4.69) is 17.9 Å². The number of carboxylic acid groups (broad SMARTS) is 1. The molecule has 0 radical (unpaired) electrons. The van der Waals surface area contributed by atoms with E-state index in [-0.39, 0.29) is 25.2 Å². The number of carbonyl (C=O) groups excluding carboxylic acids is 1. The molecule has 6 heteroatoms. The van der Waals surface area contributed by atoms with Gasteiger partial charge in [0.05, 0.1) is 12.7 Å². The van der Waals surface area contributed by atoms with Crippen molar-refractivity contribution in [2.45, 2.75) is 38.7 Å². The van der Waals surface area contributed by atoms with Gasteiger partial charge in [-0.1, -0.05) is 32.9 Å². The molecule has 0 aliphatic rings. The van der Waals surface area contributed by atoms with Crippen molar-refractivity contribution in [1.82, 2.24) is 0 Å². The van der Waals surface area contributed by atoms with Crippen LogP contribution < -0.4 is 0 Å². The first-order chi connectivity index (χ1) is 9.38. The van der Waals surface area contributed by atoms with E-state index < -0.39 is 18.0 Å². The lowest BCUT2D eigenvalue weighted by Crippen LogP contribution is -2.11. The first-order valence-electron chi connectivity index (χ1n) is 6.38. The van der Waals surface area contributed by atoms with Crippen molar-refractivity contribution in [3.05, 3.63) is 24.8 Å². The predicted octanol–water partition coefficient (Wildman–Crippen LogP) is 1.28. The van der Waals surface area contributed by atoms with E-state index in [1.165, 1.54) is 0 Å². The third-order valence-electron chi connectivity index (χ3n) is 2.18. The molecule has 0 bridgehead atoms. The van der Waals surface area contributed by atoms with Crippen molar-refractivity contribution in [3.63, 3.8) is 0 Å². The monoisotopic (exact) mass is 288 g/mol. The van der Waals surface area contributed by atoms with Crippen LogP contribution in [0.3, 0.4) is 0 Å². The van der Waals surface area contributed by atoms with Crippen LogP contribution in [0.15, 0.2) is 24.8 Å². The summed E-state index contributed by atoms with van der Waals surface area (Å²) in [5.41, 5.74) is 0.0820. The van der Waals surface area contributed by atoms with Crippen LogP contribution in [0.1, 0.15) is 32.6 Å². The number of unbranched alkanes of at least 4 members (excludes halogenated alkanes) is 1. The van der Waals surface area contributed by atoms with E-state index in [4.69, 9.17) is 10.2 Å². The Morgan fingerprint density at radius 1 is 1.40 bits per heavy atom. The van der Waals surface area contributed by atoms with Gasteiger partial charge in [-0.25, -0.2) is 9.59 Å². The molecule has 0 aromatic rings. The molecule has 20 heavy (non-hydrogen) atoms. The number of esters is 1. The normalized spacial score (nSPS) is 10.8. The SMILES string of the molecule is C=C(CC(O)CCCC)C(=O)O.C=CC(=O)OCCO. The van der Waals surface area contributed by atoms with Crippen LogP contribution >= 0.6 is 0 Å². The molecule has 0 spiro atoms. The molecule has 0 saturated heterocycles. The van der Waals surface area contributed by atoms with Crippen LogP contribution in [0.25, 0.3) is 0 Å². The van der Waals surface area contributed by atoms with Gasteiger partial charge in [0.25, 0.3) is 0 Å². The zero-order valence-electron chi connectivity index (χ0n) is 11.9. The summed E-state index contributed by atoms with van der Waals surface area (Å²) in [5.74, 6) is -1.52. The van der Waals surface area contributed by atoms with Gasteiger partial charge in [-0.3, -0.25) is 0 Å². The Morgan fingerprint density at radius 2 is 2.00 bits per heavy atom. The van der Waals surface area contributed by atoms with Gasteiger partial charge in [-0.15, -0.1) is 0 Å². The quantitative estimate of drug-likeness (QED) is 0.436. The molecule has 0 aliphatic carbocycles. The van der Waals surface area contributed by atoms with Crippen molar-refractivity contribution >= 4 is 11.9 Å². The average Bonchev–Trinajstić information content (AvgIpc) is 2.42. The zero-order valence-corrected chi connectivity index (χ0v) is 11.9. The third-order valence-corrected chi connectivity index (χ3v) is 2.18. The fourth-order valence-corrected chi connectivity index (χ4v) is 1.12. The highest BCUT2D eigenvalue weighted by Gasteiger charge is 2.10. The second kappa shape index (κ2) is 13.8. The van der Waals surface area contributed by atoms with E-state index in [1.807, 2.05) is 6.92 Å². The summed E-state index contributed by atoms with van der Waals surface area (Å²) in [6.07, 6.45) is 3.27. The fourth-order valence-electron chi connectivity index (χ4n) is 1.12. The minimum Gasteiger partial charge on any atom is -0.478 e. The van der Waals surface area contributed by atoms with E-state index >= 15 is 0 Å². The van der Waals surface area contributed by atoms with Gasteiger partial charge in [-0.05, 0) is 6.42 Å². The summed E-state index contributed by atoms with van der Waals surface area (Å²) in [6, 6.07) is 0. The largest absolute Gasteiger partial charge is 0.478 e. The first kappa shape index (κ1) is 20.7. The smallest absolute Gasteiger partial charge is 0.331 e. The Morgan fingerprint density at radius 3 is 2.40 bits per heavy atom. The lowest BCUT2D eigenvalue weighted by atomic mass is 10.1. The van der Waals surface area contributed by atoms with Crippen LogP contribution in [-0.4, -0.2) is 46.6 Å². The van der Waals surface area contributed by atoms with E-state index in [1.54, 1.807) is 0 Å². The third kappa shape index (κ3) is 14.4. The molecule has 0 amide bonds. The summed E-state index contributed by atoms with van der Waals surface area (Å²) in [4.78, 5) is 20.4. The highest BCUT2D eigenvalue weighted by Crippen LogP contribution is 2.09. The fraction of sp³-hybridized carbons (Fsp3) is 0.571. The van der Waals surface area contributed by atoms with Crippen LogP contribution in [0, 0.1) is 0 Å². The Kier molecular flexibility index (Phi) is 14.2. The molecule has 0 aliphatic heterocycles. The second-order valence-electron chi connectivity index (χ2n) is 4.00. The standard InChI is InChI=1S/C9H16O3.C5H8O3/c1-3-4-5-8(10)6-7(2)9(11)12;1-2-5(7)8-4-3-6/h8,10H,2-6H2,1H3,(H,11,12);2,6H,1,3-4H2. The number of ether oxygens (including phenoxy) is 1. The number of carbonyl (C=O) groups is 2. The van der Waals surface area contributed by atoms with E-state index in [0.29, 0.717) is 6.42 Å². The van der Waals surface area contributed by atoms with Gasteiger partial charge in [0.2, 0.25) is 0 Å². The summed E-state index contributed by atoms with van der Waals surface area (Å²) >= 11 is 0. The van der Waals surface area contributed by atoms with Crippen molar-refractivity contribution in [2.75, 3.05) is 13.2 Å². The van der Waals surface area contributed by atoms with Crippen molar-refractivity contribution in [1.29, 1.82) is 0 Å². The van der Waals surface area contributed by atoms with Gasteiger partial charge in [0.15, 0.2) is 0 Å². The van der Waals surface area contributed by atoms with Gasteiger partial charge in [0, 0.05) is 18.1 Å². The first-order valence-corrected chi connectivity index (χ1v) is 6.38. The number of aliphatic hydroxyl groups is 2. The number of rotatable bonds is 9.